The van der Waals surface area contributed by atoms with Crippen LogP contribution in [0.2, 0.25) is 0 Å². The molecule has 3 aromatic rings. The first kappa shape index (κ1) is 34.6. The number of benzene rings is 2. The number of fused-ring (bicyclic) bond motifs is 2. The van der Waals surface area contributed by atoms with Crippen LogP contribution in [0.1, 0.15) is 45.1 Å². The number of hydrogen-bond donors (Lipinski definition) is 2. The van der Waals surface area contributed by atoms with E-state index in [4.69, 9.17) is 18.9 Å². The van der Waals surface area contributed by atoms with Crippen LogP contribution in [0, 0.1) is 35.4 Å². The smallest absolute Gasteiger partial charge is 0.306 e. The van der Waals surface area contributed by atoms with Gasteiger partial charge in [0.1, 0.15) is 6.10 Å². The SMILES string of the molecule is COc1cc(C[C@H](CC(=O)OC2C3COC4OCC2C4C3)[C@H](O)CN(CC(C)C)S(=O)(=O)c2ccc3nc(NC4CC4)sc3c2)ccc1F. The van der Waals surface area contributed by atoms with E-state index in [0.717, 1.165) is 29.1 Å². The van der Waals surface area contributed by atoms with Crippen molar-refractivity contribution in [1.29, 1.82) is 0 Å². The second-order valence-electron chi connectivity index (χ2n) is 14.3. The van der Waals surface area contributed by atoms with Gasteiger partial charge in [0.2, 0.25) is 10.0 Å². The van der Waals surface area contributed by atoms with Gasteiger partial charge in [-0.15, -0.1) is 0 Å². The average Bonchev–Trinajstić information content (AvgIpc) is 3.52. The van der Waals surface area contributed by atoms with E-state index in [1.165, 1.54) is 34.9 Å². The number of aliphatic hydroxyl groups excluding tert-OH is 1. The molecule has 3 heterocycles. The largest absolute Gasteiger partial charge is 0.494 e. The van der Waals surface area contributed by atoms with Gasteiger partial charge in [0, 0.05) is 42.8 Å². The van der Waals surface area contributed by atoms with E-state index in [9.17, 15) is 22.7 Å². The first-order valence-electron chi connectivity index (χ1n) is 17.1. The van der Waals surface area contributed by atoms with Crippen molar-refractivity contribution in [3.8, 4) is 5.75 Å². The molecule has 1 aromatic heterocycles. The van der Waals surface area contributed by atoms with E-state index >= 15 is 0 Å². The third-order valence-corrected chi connectivity index (χ3v) is 12.9. The van der Waals surface area contributed by atoms with E-state index in [2.05, 4.69) is 10.3 Å². The van der Waals surface area contributed by atoms with Crippen molar-refractivity contribution in [2.75, 3.05) is 38.7 Å². The molecule has 2 saturated heterocycles. The van der Waals surface area contributed by atoms with Crippen LogP contribution in [-0.2, 0) is 35.4 Å². The van der Waals surface area contributed by atoms with Crippen LogP contribution in [0.5, 0.6) is 5.75 Å². The minimum atomic E-state index is -4.05. The van der Waals surface area contributed by atoms with Crippen molar-refractivity contribution in [2.45, 2.75) is 75.4 Å². The van der Waals surface area contributed by atoms with Crippen molar-refractivity contribution < 1.29 is 41.7 Å². The molecule has 11 nitrogen and oxygen atoms in total. The van der Waals surface area contributed by atoms with Gasteiger partial charge in [-0.3, -0.25) is 4.79 Å². The van der Waals surface area contributed by atoms with Gasteiger partial charge in [-0.25, -0.2) is 17.8 Å². The number of nitrogens with zero attached hydrogens (tertiary/aromatic N) is 2. The Balaban J connectivity index is 1.12. The summed E-state index contributed by atoms with van der Waals surface area (Å²) in [7, 11) is -2.68. The minimum absolute atomic E-state index is 0.0419. The van der Waals surface area contributed by atoms with Crippen LogP contribution in [0.15, 0.2) is 41.3 Å². The number of carbonyl (C=O) groups excluding carboxylic acids is 1. The molecule has 2 aromatic carbocycles. The third-order valence-electron chi connectivity index (χ3n) is 10.1. The summed E-state index contributed by atoms with van der Waals surface area (Å²) in [6.07, 6.45) is 1.25. The van der Waals surface area contributed by atoms with E-state index in [0.29, 0.717) is 30.3 Å². The maximum Gasteiger partial charge on any atom is 0.306 e. The van der Waals surface area contributed by atoms with Gasteiger partial charge in [0.25, 0.3) is 0 Å². The molecule has 5 unspecified atom stereocenters. The van der Waals surface area contributed by atoms with E-state index < -0.39 is 33.8 Å². The first-order chi connectivity index (χ1) is 23.5. The van der Waals surface area contributed by atoms with Gasteiger partial charge in [0.05, 0.1) is 48.0 Å². The Bertz CT molecular complexity index is 1780. The number of rotatable bonds is 15. The highest BCUT2D eigenvalue weighted by molar-refractivity contribution is 7.89. The van der Waals surface area contributed by atoms with Crippen LogP contribution in [0.25, 0.3) is 10.2 Å². The molecule has 2 saturated carbocycles. The zero-order valence-electron chi connectivity index (χ0n) is 27.9. The fourth-order valence-electron chi connectivity index (χ4n) is 7.46. The molecule has 2 N–H and O–H groups in total. The summed E-state index contributed by atoms with van der Waals surface area (Å²) < 4.78 is 67.5. The lowest BCUT2D eigenvalue weighted by atomic mass is 9.90. The second-order valence-corrected chi connectivity index (χ2v) is 17.3. The summed E-state index contributed by atoms with van der Waals surface area (Å²) in [5.41, 5.74) is 1.35. The molecule has 14 heteroatoms. The first-order valence-corrected chi connectivity index (χ1v) is 19.3. The van der Waals surface area contributed by atoms with Gasteiger partial charge < -0.3 is 29.4 Å². The fourth-order valence-corrected chi connectivity index (χ4v) is 10.2. The van der Waals surface area contributed by atoms with E-state index in [-0.39, 0.29) is 72.6 Å². The molecule has 0 spiro atoms. The number of ether oxygens (including phenoxy) is 4. The zero-order chi connectivity index (χ0) is 34.4. The summed E-state index contributed by atoms with van der Waals surface area (Å²) in [4.78, 5) is 18.3. The molecule has 266 valence electrons. The van der Waals surface area contributed by atoms with Crippen LogP contribution < -0.4 is 10.1 Å². The number of thiazole rings is 1. The molecule has 4 fully saturated rings. The number of anilines is 1. The predicted molar refractivity (Wildman–Crippen MR) is 181 cm³/mol. The number of nitrogens with one attached hydrogen (secondary N) is 1. The van der Waals surface area contributed by atoms with Crippen molar-refractivity contribution in [3.63, 3.8) is 0 Å². The highest BCUT2D eigenvalue weighted by Crippen LogP contribution is 2.49. The summed E-state index contributed by atoms with van der Waals surface area (Å²) in [6.45, 7) is 4.67. The molecule has 2 bridgehead atoms. The van der Waals surface area contributed by atoms with E-state index in [1.807, 2.05) is 13.8 Å². The summed E-state index contributed by atoms with van der Waals surface area (Å²) in [5.74, 6) is -1.40. The molecule has 2 aliphatic heterocycles. The molecule has 7 atom stereocenters. The number of carbonyl (C=O) groups is 1. The number of aromatic nitrogens is 1. The highest BCUT2D eigenvalue weighted by Gasteiger charge is 2.56. The van der Waals surface area contributed by atoms with Crippen molar-refractivity contribution in [1.82, 2.24) is 9.29 Å². The standard InChI is InChI=1S/C35H44FN3O8S2/c1-19(2)15-39(49(42,43)24-7-9-28-31(14-24)48-35(38-28)37-23-5-6-23)16-29(40)21(10-20-4-8-27(36)30(11-20)44-3)13-32(41)47-33-22-12-25-26(33)18-46-34(25)45-17-22/h4,7-9,11,14,19,21-23,25-26,29,33-34,40H,5-6,10,12-13,15-18H2,1-3H3,(H,37,38)/t21-,22?,25?,26?,29-,33?,34?/m1/s1. The van der Waals surface area contributed by atoms with Gasteiger partial charge in [-0.05, 0) is 67.5 Å². The van der Waals surface area contributed by atoms with Gasteiger partial charge in [-0.1, -0.05) is 31.3 Å². The number of aliphatic hydroxyl groups is 1. The van der Waals surface area contributed by atoms with Gasteiger partial charge in [0.15, 0.2) is 23.0 Å². The lowest BCUT2D eigenvalue weighted by Crippen LogP contribution is -2.43. The molecule has 7 rings (SSSR count). The summed E-state index contributed by atoms with van der Waals surface area (Å²) >= 11 is 1.42. The third kappa shape index (κ3) is 7.45. The monoisotopic (exact) mass is 717 g/mol. The molecular weight excluding hydrogens is 674 g/mol. The lowest BCUT2D eigenvalue weighted by Gasteiger charge is -2.31. The quantitative estimate of drug-likeness (QED) is 0.211. The summed E-state index contributed by atoms with van der Waals surface area (Å²) in [5, 5.41) is 15.9. The Morgan fingerprint density at radius 1 is 1.14 bits per heavy atom. The Hall–Kier alpha value is -2.88. The van der Waals surface area contributed by atoms with Gasteiger partial charge in [-0.2, -0.15) is 4.31 Å². The van der Waals surface area contributed by atoms with Crippen LogP contribution in [0.3, 0.4) is 0 Å². The number of methoxy groups -OCH3 is 1. The number of esters is 1. The number of halogens is 1. The number of hydrogen-bond acceptors (Lipinski definition) is 11. The Kier molecular flexibility index (Phi) is 9.90. The highest BCUT2D eigenvalue weighted by atomic mass is 32.2. The maximum absolute atomic E-state index is 14.3. The zero-order valence-corrected chi connectivity index (χ0v) is 29.6. The van der Waals surface area contributed by atoms with Crippen molar-refractivity contribution in [2.24, 2.45) is 29.6 Å². The Morgan fingerprint density at radius 3 is 2.69 bits per heavy atom. The molecule has 4 aliphatic rings. The molecule has 0 amide bonds. The fraction of sp³-hybridized carbons (Fsp3) is 0.600. The lowest BCUT2D eigenvalue weighted by molar-refractivity contribution is -0.178. The number of sulfonamides is 1. The van der Waals surface area contributed by atoms with Crippen LogP contribution in [-0.4, -0.2) is 86.7 Å². The Morgan fingerprint density at radius 2 is 1.94 bits per heavy atom. The molecular formula is C35H44FN3O8S2. The van der Waals surface area contributed by atoms with Crippen molar-refractivity contribution >= 4 is 42.7 Å². The Labute approximate surface area is 290 Å². The van der Waals surface area contributed by atoms with Crippen molar-refractivity contribution in [3.05, 3.63) is 47.8 Å². The van der Waals surface area contributed by atoms with Crippen LogP contribution in [0.4, 0.5) is 9.52 Å². The molecule has 2 aliphatic carbocycles. The van der Waals surface area contributed by atoms with Gasteiger partial charge >= 0.3 is 5.97 Å². The van der Waals surface area contributed by atoms with E-state index in [1.54, 1.807) is 24.3 Å². The predicted octanol–water partition coefficient (Wildman–Crippen LogP) is 4.83. The normalized spacial score (nSPS) is 26.0. The molecule has 0 radical (unpaired) electrons. The van der Waals surface area contributed by atoms with Crippen LogP contribution >= 0.6 is 11.3 Å². The minimum Gasteiger partial charge on any atom is -0.494 e. The molecule has 49 heavy (non-hydrogen) atoms. The maximum atomic E-state index is 14.3. The summed E-state index contributed by atoms with van der Waals surface area (Å²) in [6, 6.07) is 9.71. The second kappa shape index (κ2) is 14.0. The average molecular weight is 718 g/mol. The topological polar surface area (TPSA) is 137 Å².